The van der Waals surface area contributed by atoms with Gasteiger partial charge in [-0.2, -0.15) is 0 Å². The molecule has 0 aliphatic carbocycles. The molecule has 0 bridgehead atoms. The lowest BCUT2D eigenvalue weighted by Gasteiger charge is -2.07. The van der Waals surface area contributed by atoms with Crippen molar-refractivity contribution in [1.29, 1.82) is 0 Å². The second kappa shape index (κ2) is 6.01. The Morgan fingerprint density at radius 2 is 1.95 bits per heavy atom. The Hall–Kier alpha value is -2.28. The highest BCUT2D eigenvalue weighted by molar-refractivity contribution is 9.10. The fourth-order valence-electron chi connectivity index (χ4n) is 1.82. The SMILES string of the molecule is Cc1cc(Br)cc(NC(=O)c2cc(F)cc([N+](=O)[O-])c2)c1. The van der Waals surface area contributed by atoms with E-state index in [2.05, 4.69) is 21.2 Å². The minimum atomic E-state index is -0.834. The number of non-ortho nitro benzene ring substituents is 1. The molecule has 5 nitrogen and oxygen atoms in total. The van der Waals surface area contributed by atoms with Crippen LogP contribution in [0.4, 0.5) is 15.8 Å². The van der Waals surface area contributed by atoms with Crippen molar-refractivity contribution < 1.29 is 14.1 Å². The van der Waals surface area contributed by atoms with Crippen LogP contribution in [0.15, 0.2) is 40.9 Å². The summed E-state index contributed by atoms with van der Waals surface area (Å²) >= 11 is 3.30. The molecule has 0 atom stereocenters. The highest BCUT2D eigenvalue weighted by Gasteiger charge is 2.15. The topological polar surface area (TPSA) is 72.2 Å². The Morgan fingerprint density at radius 1 is 1.24 bits per heavy atom. The Kier molecular flexibility index (Phi) is 4.32. The van der Waals surface area contributed by atoms with Gasteiger partial charge in [-0.1, -0.05) is 15.9 Å². The Morgan fingerprint density at radius 3 is 2.57 bits per heavy atom. The molecule has 0 unspecified atom stereocenters. The number of rotatable bonds is 3. The number of hydrogen-bond acceptors (Lipinski definition) is 3. The number of nitrogens with zero attached hydrogens (tertiary/aromatic N) is 1. The summed E-state index contributed by atoms with van der Waals surface area (Å²) in [6.45, 7) is 1.85. The van der Waals surface area contributed by atoms with E-state index in [0.717, 1.165) is 28.2 Å². The highest BCUT2D eigenvalue weighted by atomic mass is 79.9. The number of halogens is 2. The number of amides is 1. The molecule has 0 saturated carbocycles. The maximum Gasteiger partial charge on any atom is 0.273 e. The largest absolute Gasteiger partial charge is 0.322 e. The van der Waals surface area contributed by atoms with Crippen LogP contribution in [0, 0.1) is 22.9 Å². The zero-order valence-electron chi connectivity index (χ0n) is 10.9. The number of nitrogens with one attached hydrogen (secondary N) is 1. The van der Waals surface area contributed by atoms with Crippen LogP contribution < -0.4 is 5.32 Å². The molecule has 0 fully saturated rings. The van der Waals surface area contributed by atoms with Crippen LogP contribution in [0.25, 0.3) is 0 Å². The minimum absolute atomic E-state index is 0.112. The zero-order chi connectivity index (χ0) is 15.6. The van der Waals surface area contributed by atoms with Gasteiger partial charge in [0, 0.05) is 21.8 Å². The molecular formula is C14H10BrFN2O3. The van der Waals surface area contributed by atoms with Gasteiger partial charge in [0.15, 0.2) is 0 Å². The minimum Gasteiger partial charge on any atom is -0.322 e. The van der Waals surface area contributed by atoms with E-state index >= 15 is 0 Å². The molecule has 0 spiro atoms. The highest BCUT2D eigenvalue weighted by Crippen LogP contribution is 2.21. The van der Waals surface area contributed by atoms with Crippen molar-refractivity contribution in [2.75, 3.05) is 5.32 Å². The van der Waals surface area contributed by atoms with Gasteiger partial charge in [0.25, 0.3) is 11.6 Å². The first-order valence-corrected chi connectivity index (χ1v) is 6.68. The molecule has 1 N–H and O–H groups in total. The van der Waals surface area contributed by atoms with E-state index in [1.54, 1.807) is 12.1 Å². The summed E-state index contributed by atoms with van der Waals surface area (Å²) in [7, 11) is 0. The third kappa shape index (κ3) is 3.85. The van der Waals surface area contributed by atoms with Crippen molar-refractivity contribution in [3.63, 3.8) is 0 Å². The summed E-state index contributed by atoms with van der Waals surface area (Å²) in [6.07, 6.45) is 0. The number of aryl methyl sites for hydroxylation is 1. The van der Waals surface area contributed by atoms with Gasteiger partial charge in [0.2, 0.25) is 0 Å². The van der Waals surface area contributed by atoms with Crippen LogP contribution >= 0.6 is 15.9 Å². The fraction of sp³-hybridized carbons (Fsp3) is 0.0714. The number of nitro groups is 1. The summed E-state index contributed by atoms with van der Waals surface area (Å²) in [5, 5.41) is 13.3. The van der Waals surface area contributed by atoms with Crippen molar-refractivity contribution in [2.45, 2.75) is 6.92 Å². The molecule has 2 aromatic carbocycles. The van der Waals surface area contributed by atoms with Crippen LogP contribution in [-0.4, -0.2) is 10.8 Å². The lowest BCUT2D eigenvalue weighted by atomic mass is 10.1. The van der Waals surface area contributed by atoms with Crippen LogP contribution in [0.2, 0.25) is 0 Å². The van der Waals surface area contributed by atoms with Crippen LogP contribution in [0.3, 0.4) is 0 Å². The first-order valence-electron chi connectivity index (χ1n) is 5.88. The van der Waals surface area contributed by atoms with E-state index in [4.69, 9.17) is 0 Å². The summed E-state index contributed by atoms with van der Waals surface area (Å²) in [5.74, 6) is -1.45. The number of hydrogen-bond donors (Lipinski definition) is 1. The molecule has 2 aromatic rings. The molecule has 108 valence electrons. The molecule has 1 amide bonds. The van der Waals surface area contributed by atoms with Gasteiger partial charge < -0.3 is 5.32 Å². The average molecular weight is 353 g/mol. The maximum absolute atomic E-state index is 13.3. The molecular weight excluding hydrogens is 343 g/mol. The summed E-state index contributed by atoms with van der Waals surface area (Å²) < 4.78 is 14.1. The van der Waals surface area contributed by atoms with Gasteiger partial charge in [-0.05, 0) is 36.8 Å². The lowest BCUT2D eigenvalue weighted by Crippen LogP contribution is -2.12. The number of anilines is 1. The lowest BCUT2D eigenvalue weighted by molar-refractivity contribution is -0.385. The van der Waals surface area contributed by atoms with Crippen LogP contribution in [-0.2, 0) is 0 Å². The van der Waals surface area contributed by atoms with E-state index in [0.29, 0.717) is 5.69 Å². The van der Waals surface area contributed by atoms with Crippen molar-refractivity contribution in [3.8, 4) is 0 Å². The molecule has 0 aliphatic rings. The summed E-state index contributed by atoms with van der Waals surface area (Å²) in [5.41, 5.74) is 0.855. The van der Waals surface area contributed by atoms with Gasteiger partial charge in [-0.15, -0.1) is 0 Å². The Labute approximate surface area is 128 Å². The van der Waals surface area contributed by atoms with Gasteiger partial charge in [0.05, 0.1) is 11.0 Å². The monoisotopic (exact) mass is 352 g/mol. The molecule has 2 rings (SSSR count). The van der Waals surface area contributed by atoms with Gasteiger partial charge in [-0.3, -0.25) is 14.9 Å². The first-order chi connectivity index (χ1) is 9.85. The van der Waals surface area contributed by atoms with Crippen molar-refractivity contribution in [2.24, 2.45) is 0 Å². The zero-order valence-corrected chi connectivity index (χ0v) is 12.5. The van der Waals surface area contributed by atoms with E-state index in [9.17, 15) is 19.3 Å². The van der Waals surface area contributed by atoms with Gasteiger partial charge >= 0.3 is 0 Å². The van der Waals surface area contributed by atoms with E-state index < -0.39 is 22.3 Å². The van der Waals surface area contributed by atoms with Crippen molar-refractivity contribution in [3.05, 3.63) is 67.9 Å². The summed E-state index contributed by atoms with van der Waals surface area (Å²) in [4.78, 5) is 22.0. The Bertz CT molecular complexity index is 714. The first kappa shape index (κ1) is 15.1. The second-order valence-corrected chi connectivity index (χ2v) is 5.34. The van der Waals surface area contributed by atoms with Crippen molar-refractivity contribution in [1.82, 2.24) is 0 Å². The number of nitro benzene ring substituents is 1. The molecule has 7 heteroatoms. The summed E-state index contributed by atoms with van der Waals surface area (Å²) in [6, 6.07) is 8.02. The molecule has 0 aliphatic heterocycles. The van der Waals surface area contributed by atoms with E-state index in [1.807, 2.05) is 13.0 Å². The van der Waals surface area contributed by atoms with Crippen LogP contribution in [0.5, 0.6) is 0 Å². The molecule has 0 radical (unpaired) electrons. The van der Waals surface area contributed by atoms with Gasteiger partial charge in [0.1, 0.15) is 5.82 Å². The quantitative estimate of drug-likeness (QED) is 0.668. The molecule has 21 heavy (non-hydrogen) atoms. The Balaban J connectivity index is 2.30. The average Bonchev–Trinajstić information content (AvgIpc) is 2.36. The smallest absolute Gasteiger partial charge is 0.273 e. The van der Waals surface area contributed by atoms with E-state index in [-0.39, 0.29) is 5.56 Å². The predicted molar refractivity (Wildman–Crippen MR) is 79.9 cm³/mol. The third-order valence-corrected chi connectivity index (χ3v) is 3.11. The standard InChI is InChI=1S/C14H10BrFN2O3/c1-8-2-10(15)6-12(3-8)17-14(19)9-4-11(16)7-13(5-9)18(20)21/h2-7H,1H3,(H,17,19). The van der Waals surface area contributed by atoms with Gasteiger partial charge in [-0.25, -0.2) is 4.39 Å². The number of carbonyl (C=O) groups excluding carboxylic acids is 1. The predicted octanol–water partition coefficient (Wildman–Crippen LogP) is 4.06. The molecule has 0 aromatic heterocycles. The van der Waals surface area contributed by atoms with Crippen molar-refractivity contribution >= 4 is 33.2 Å². The van der Waals surface area contributed by atoms with E-state index in [1.165, 1.54) is 0 Å². The second-order valence-electron chi connectivity index (χ2n) is 4.43. The normalized spacial score (nSPS) is 10.2. The molecule has 0 saturated heterocycles. The maximum atomic E-state index is 13.3. The number of benzene rings is 2. The fourth-order valence-corrected chi connectivity index (χ4v) is 2.43. The number of carbonyl (C=O) groups is 1. The third-order valence-electron chi connectivity index (χ3n) is 2.66. The molecule has 0 heterocycles. The van der Waals surface area contributed by atoms with Crippen LogP contribution in [0.1, 0.15) is 15.9 Å².